The van der Waals surface area contributed by atoms with Gasteiger partial charge in [-0.25, -0.2) is 5.43 Å². The summed E-state index contributed by atoms with van der Waals surface area (Å²) in [6.07, 6.45) is 2.08. The van der Waals surface area contributed by atoms with Gasteiger partial charge in [-0.1, -0.05) is 29.8 Å². The molecule has 0 saturated heterocycles. The van der Waals surface area contributed by atoms with Gasteiger partial charge in [-0.15, -0.1) is 0 Å². The van der Waals surface area contributed by atoms with Crippen LogP contribution in [0.15, 0.2) is 52.0 Å². The normalized spacial score (nSPS) is 14.2. The zero-order chi connectivity index (χ0) is 22.8. The van der Waals surface area contributed by atoms with Gasteiger partial charge in [0.2, 0.25) is 0 Å². The smallest absolute Gasteiger partial charge is 0.291 e. The molecule has 1 aliphatic rings. The molecule has 2 amide bonds. The molecule has 32 heavy (non-hydrogen) atoms. The number of para-hydroxylation sites is 1. The predicted molar refractivity (Wildman–Crippen MR) is 123 cm³/mol. The van der Waals surface area contributed by atoms with Gasteiger partial charge in [0.05, 0.1) is 11.3 Å². The molecule has 4 rings (SSSR count). The number of anilines is 1. The van der Waals surface area contributed by atoms with E-state index in [1.807, 2.05) is 13.0 Å². The molecule has 1 aliphatic carbocycles. The lowest BCUT2D eigenvalue weighted by atomic mass is 9.93. The molecule has 1 heterocycles. The van der Waals surface area contributed by atoms with Gasteiger partial charge in [-0.3, -0.25) is 9.59 Å². The Labute approximate surface area is 190 Å². The molecular weight excluding hydrogens is 430 g/mol. The number of phenolic OH excluding ortho intramolecular Hbond substituents is 1. The van der Waals surface area contributed by atoms with Crippen LogP contribution in [0.3, 0.4) is 0 Å². The molecule has 0 atom stereocenters. The van der Waals surface area contributed by atoms with Gasteiger partial charge in [-0.05, 0) is 56.5 Å². The molecule has 0 radical (unpaired) electrons. The molecule has 2 aromatic carbocycles. The van der Waals surface area contributed by atoms with Crippen LogP contribution in [0.1, 0.15) is 56.2 Å². The van der Waals surface area contributed by atoms with Crippen molar-refractivity contribution in [2.45, 2.75) is 33.1 Å². The molecule has 3 N–H and O–H groups in total. The van der Waals surface area contributed by atoms with E-state index in [4.69, 9.17) is 16.0 Å². The Balaban J connectivity index is 1.57. The van der Waals surface area contributed by atoms with Crippen LogP contribution in [0.2, 0.25) is 5.02 Å². The van der Waals surface area contributed by atoms with E-state index >= 15 is 0 Å². The number of aryl methyl sites for hydroxylation is 2. The van der Waals surface area contributed by atoms with Crippen LogP contribution in [0.5, 0.6) is 5.75 Å². The fourth-order valence-corrected chi connectivity index (χ4v) is 3.88. The molecule has 0 aliphatic heterocycles. The lowest BCUT2D eigenvalue weighted by molar-refractivity contribution is 0.0950. The quantitative estimate of drug-likeness (QED) is 0.486. The Morgan fingerprint density at radius 2 is 1.88 bits per heavy atom. The second kappa shape index (κ2) is 8.88. The summed E-state index contributed by atoms with van der Waals surface area (Å²) in [6.45, 7) is 3.68. The van der Waals surface area contributed by atoms with Crippen LogP contribution in [-0.4, -0.2) is 22.6 Å². The van der Waals surface area contributed by atoms with Gasteiger partial charge in [0, 0.05) is 28.3 Å². The number of hydrogen-bond acceptors (Lipinski definition) is 5. The van der Waals surface area contributed by atoms with Gasteiger partial charge < -0.3 is 14.8 Å². The predicted octanol–water partition coefficient (Wildman–Crippen LogP) is 4.98. The number of amides is 2. The number of phenols is 1. The summed E-state index contributed by atoms with van der Waals surface area (Å²) in [5, 5.41) is 17.5. The van der Waals surface area contributed by atoms with Crippen molar-refractivity contribution < 1.29 is 19.1 Å². The van der Waals surface area contributed by atoms with E-state index in [0.29, 0.717) is 40.6 Å². The first-order valence-electron chi connectivity index (χ1n) is 10.2. The van der Waals surface area contributed by atoms with Gasteiger partial charge >= 0.3 is 0 Å². The Morgan fingerprint density at radius 3 is 2.62 bits per heavy atom. The van der Waals surface area contributed by atoms with Crippen molar-refractivity contribution in [3.05, 3.63) is 81.3 Å². The maximum absolute atomic E-state index is 12.9. The van der Waals surface area contributed by atoms with E-state index in [1.165, 1.54) is 12.1 Å². The SMILES string of the molecule is Cc1ccc(NC(=O)c2oc3c(c2C)/C(=N/NC(=O)c2ccccc2O)CCC3)cc1Cl. The van der Waals surface area contributed by atoms with Crippen LogP contribution in [-0.2, 0) is 6.42 Å². The second-order valence-corrected chi connectivity index (χ2v) is 8.05. The molecule has 7 nitrogen and oxygen atoms in total. The number of nitrogens with zero attached hydrogens (tertiary/aromatic N) is 1. The fourth-order valence-electron chi connectivity index (χ4n) is 3.70. The van der Waals surface area contributed by atoms with Crippen molar-refractivity contribution in [2.75, 3.05) is 5.32 Å². The highest BCUT2D eigenvalue weighted by Gasteiger charge is 2.28. The molecular formula is C24H22ClN3O4. The van der Waals surface area contributed by atoms with Crippen LogP contribution in [0.4, 0.5) is 5.69 Å². The Hall–Kier alpha value is -3.58. The zero-order valence-corrected chi connectivity index (χ0v) is 18.4. The van der Waals surface area contributed by atoms with E-state index < -0.39 is 5.91 Å². The third-order valence-electron chi connectivity index (χ3n) is 5.40. The summed E-state index contributed by atoms with van der Waals surface area (Å²) >= 11 is 6.15. The molecule has 0 bridgehead atoms. The van der Waals surface area contributed by atoms with Gasteiger partial charge in [-0.2, -0.15) is 5.10 Å². The molecule has 8 heteroatoms. The minimum atomic E-state index is -0.516. The van der Waals surface area contributed by atoms with E-state index in [0.717, 1.165) is 17.5 Å². The molecule has 3 aromatic rings. The second-order valence-electron chi connectivity index (χ2n) is 7.64. The van der Waals surface area contributed by atoms with Crippen molar-refractivity contribution in [2.24, 2.45) is 5.10 Å². The molecule has 0 unspecified atom stereocenters. The van der Waals surface area contributed by atoms with Crippen molar-refractivity contribution in [3.8, 4) is 5.75 Å². The lowest BCUT2D eigenvalue weighted by Gasteiger charge is -2.13. The first-order chi connectivity index (χ1) is 15.3. The summed E-state index contributed by atoms with van der Waals surface area (Å²) in [5.41, 5.74) is 6.15. The van der Waals surface area contributed by atoms with Crippen molar-refractivity contribution in [1.29, 1.82) is 0 Å². The third-order valence-corrected chi connectivity index (χ3v) is 5.81. The maximum Gasteiger partial charge on any atom is 0.291 e. The summed E-state index contributed by atoms with van der Waals surface area (Å²) in [5.74, 6) is -0.151. The first kappa shape index (κ1) is 21.6. The lowest BCUT2D eigenvalue weighted by Crippen LogP contribution is -2.22. The van der Waals surface area contributed by atoms with Gasteiger partial charge in [0.1, 0.15) is 11.5 Å². The number of carbonyl (C=O) groups is 2. The number of benzene rings is 2. The highest BCUT2D eigenvalue weighted by atomic mass is 35.5. The van der Waals surface area contributed by atoms with Gasteiger partial charge in [0.25, 0.3) is 11.8 Å². The number of furan rings is 1. The average molecular weight is 452 g/mol. The largest absolute Gasteiger partial charge is 0.507 e. The Kier molecular flexibility index (Phi) is 6.01. The number of nitrogens with one attached hydrogen (secondary N) is 2. The standard InChI is InChI=1S/C24H22ClN3O4/c1-13-10-11-15(12-17(13)25)26-24(31)22-14(2)21-18(7-5-9-20(21)32-22)27-28-23(30)16-6-3-4-8-19(16)29/h3-4,6,8,10-12,29H,5,7,9H2,1-2H3,(H,26,31)(H,28,30)/b27-18+. The number of fused-ring (bicyclic) bond motifs is 1. The third kappa shape index (κ3) is 4.24. The van der Waals surface area contributed by atoms with Crippen molar-refractivity contribution in [3.63, 3.8) is 0 Å². The molecule has 164 valence electrons. The highest BCUT2D eigenvalue weighted by Crippen LogP contribution is 2.31. The van der Waals surface area contributed by atoms with Crippen LogP contribution in [0.25, 0.3) is 0 Å². The number of aromatic hydroxyl groups is 1. The minimum Gasteiger partial charge on any atom is -0.507 e. The fraction of sp³-hybridized carbons (Fsp3) is 0.208. The zero-order valence-electron chi connectivity index (χ0n) is 17.7. The van der Waals surface area contributed by atoms with Gasteiger partial charge in [0.15, 0.2) is 5.76 Å². The van der Waals surface area contributed by atoms with Crippen LogP contribution < -0.4 is 10.7 Å². The number of carbonyl (C=O) groups excluding carboxylic acids is 2. The van der Waals surface area contributed by atoms with E-state index in [2.05, 4.69) is 15.8 Å². The number of hydrazone groups is 1. The highest BCUT2D eigenvalue weighted by molar-refractivity contribution is 6.31. The van der Waals surface area contributed by atoms with Crippen molar-refractivity contribution >= 4 is 34.8 Å². The van der Waals surface area contributed by atoms with Crippen LogP contribution in [0, 0.1) is 13.8 Å². The minimum absolute atomic E-state index is 0.121. The molecule has 0 saturated carbocycles. The van der Waals surface area contributed by atoms with Crippen LogP contribution >= 0.6 is 11.6 Å². The summed E-state index contributed by atoms with van der Waals surface area (Å²) in [6, 6.07) is 11.5. The molecule has 0 spiro atoms. The number of rotatable bonds is 4. The summed E-state index contributed by atoms with van der Waals surface area (Å²) in [4.78, 5) is 25.3. The maximum atomic E-state index is 12.9. The van der Waals surface area contributed by atoms with E-state index in [9.17, 15) is 14.7 Å². The topological polar surface area (TPSA) is 104 Å². The first-order valence-corrected chi connectivity index (χ1v) is 10.6. The number of hydrogen-bond donors (Lipinski definition) is 3. The number of halogens is 1. The molecule has 1 aromatic heterocycles. The average Bonchev–Trinajstić information content (AvgIpc) is 3.12. The van der Waals surface area contributed by atoms with Crippen molar-refractivity contribution in [1.82, 2.24) is 5.43 Å². The van der Waals surface area contributed by atoms with E-state index in [1.54, 1.807) is 31.2 Å². The Bertz CT molecular complexity index is 1250. The summed E-state index contributed by atoms with van der Waals surface area (Å²) in [7, 11) is 0. The molecule has 0 fully saturated rings. The Morgan fingerprint density at radius 1 is 1.09 bits per heavy atom. The van der Waals surface area contributed by atoms with E-state index in [-0.39, 0.29) is 23.0 Å². The monoisotopic (exact) mass is 451 g/mol. The summed E-state index contributed by atoms with van der Waals surface area (Å²) < 4.78 is 5.89.